The Morgan fingerprint density at radius 2 is 2.25 bits per heavy atom. The third-order valence-electron chi connectivity index (χ3n) is 5.46. The van der Waals surface area contributed by atoms with E-state index in [1.165, 1.54) is 10.6 Å². The summed E-state index contributed by atoms with van der Waals surface area (Å²) < 4.78 is 0. The normalized spacial score (nSPS) is 20.9. The maximum absolute atomic E-state index is 12.6. The van der Waals surface area contributed by atoms with Crippen LogP contribution in [0.2, 0.25) is 0 Å². The molecule has 1 saturated heterocycles. The topological polar surface area (TPSA) is 65.5 Å². The predicted molar refractivity (Wildman–Crippen MR) is 110 cm³/mol. The lowest BCUT2D eigenvalue weighted by Gasteiger charge is -2.19. The van der Waals surface area contributed by atoms with Gasteiger partial charge in [0.2, 0.25) is 11.8 Å². The van der Waals surface area contributed by atoms with E-state index >= 15 is 0 Å². The van der Waals surface area contributed by atoms with E-state index in [4.69, 9.17) is 0 Å². The molecule has 0 radical (unpaired) electrons. The lowest BCUT2D eigenvalue weighted by Crippen LogP contribution is -2.29. The van der Waals surface area contributed by atoms with Crippen molar-refractivity contribution in [2.45, 2.75) is 12.8 Å². The number of anilines is 2. The van der Waals surface area contributed by atoms with Crippen molar-refractivity contribution in [3.05, 3.63) is 58.8 Å². The summed E-state index contributed by atoms with van der Waals surface area (Å²) >= 11 is 1.74. The van der Waals surface area contributed by atoms with E-state index in [9.17, 15) is 9.59 Å². The first-order valence-electron chi connectivity index (χ1n) is 9.42. The van der Waals surface area contributed by atoms with Crippen LogP contribution in [0.4, 0.5) is 10.8 Å². The van der Waals surface area contributed by atoms with Gasteiger partial charge in [0.05, 0.1) is 5.00 Å². The minimum atomic E-state index is 0.00463. The van der Waals surface area contributed by atoms with E-state index < -0.39 is 0 Å². The largest absolute Gasteiger partial charge is 0.339 e. The summed E-state index contributed by atoms with van der Waals surface area (Å²) in [6, 6.07) is 6.19. The average Bonchev–Trinajstić information content (AvgIpc) is 3.41. The molecule has 7 heteroatoms. The van der Waals surface area contributed by atoms with Crippen LogP contribution in [0.1, 0.15) is 17.5 Å². The van der Waals surface area contributed by atoms with Gasteiger partial charge in [0.1, 0.15) is 5.82 Å². The van der Waals surface area contributed by atoms with E-state index in [0.717, 1.165) is 24.2 Å². The molecule has 5 heterocycles. The highest BCUT2D eigenvalue weighted by Gasteiger charge is 2.35. The van der Waals surface area contributed by atoms with Crippen molar-refractivity contribution < 1.29 is 9.59 Å². The fraction of sp³-hybridized carbons (Fsp3) is 0.286. The Morgan fingerprint density at radius 3 is 3.07 bits per heavy atom. The number of hydrogen-bond acceptors (Lipinski definition) is 5. The summed E-state index contributed by atoms with van der Waals surface area (Å²) in [4.78, 5) is 32.5. The highest BCUT2D eigenvalue weighted by atomic mass is 32.1. The Labute approximate surface area is 167 Å². The number of nitrogens with zero attached hydrogens (tertiary/aromatic N) is 3. The standard InChI is InChI=1S/C21H20N4O2S/c26-18-5-4-15-8-14(9-22-21(15)23-18)3-6-19(27)24-10-16-12-25(13-17(16)11-24)20-2-1-7-28-20/h1-3,6-9,12,17H,4-5,10-11,13H2,(H,22,23,26)/b6-3+/t17-/m0/s1. The molecule has 5 rings (SSSR count). The maximum Gasteiger partial charge on any atom is 0.246 e. The molecule has 3 aliphatic rings. The van der Waals surface area contributed by atoms with Gasteiger partial charge in [-0.25, -0.2) is 4.98 Å². The molecule has 142 valence electrons. The molecule has 0 saturated carbocycles. The first-order chi connectivity index (χ1) is 13.7. The van der Waals surface area contributed by atoms with Gasteiger partial charge in [-0.2, -0.15) is 0 Å². The molecule has 28 heavy (non-hydrogen) atoms. The number of likely N-dealkylation sites (tertiary alicyclic amines) is 1. The predicted octanol–water partition coefficient (Wildman–Crippen LogP) is 2.90. The minimum Gasteiger partial charge on any atom is -0.339 e. The maximum atomic E-state index is 12.6. The molecule has 3 aliphatic heterocycles. The summed E-state index contributed by atoms with van der Waals surface area (Å²) in [6.45, 7) is 2.42. The van der Waals surface area contributed by atoms with E-state index in [2.05, 4.69) is 38.9 Å². The summed E-state index contributed by atoms with van der Waals surface area (Å²) in [7, 11) is 0. The molecule has 1 atom stereocenters. The second-order valence-corrected chi connectivity index (χ2v) is 8.31. The Kier molecular flexibility index (Phi) is 4.24. The monoisotopic (exact) mass is 392 g/mol. The number of fused-ring (bicyclic) bond motifs is 2. The molecule has 2 aromatic rings. The number of pyridine rings is 1. The fourth-order valence-corrected chi connectivity index (χ4v) is 4.72. The second-order valence-electron chi connectivity index (χ2n) is 7.38. The zero-order chi connectivity index (χ0) is 19.1. The van der Waals surface area contributed by atoms with Crippen molar-refractivity contribution in [3.63, 3.8) is 0 Å². The Balaban J connectivity index is 1.24. The van der Waals surface area contributed by atoms with Gasteiger partial charge in [-0.15, -0.1) is 11.3 Å². The molecule has 0 spiro atoms. The molecule has 2 amide bonds. The summed E-state index contributed by atoms with van der Waals surface area (Å²) in [6.07, 6.45) is 8.50. The quantitative estimate of drug-likeness (QED) is 0.816. The van der Waals surface area contributed by atoms with E-state index in [0.29, 0.717) is 31.1 Å². The lowest BCUT2D eigenvalue weighted by molar-refractivity contribution is -0.125. The first-order valence-corrected chi connectivity index (χ1v) is 10.3. The summed E-state index contributed by atoms with van der Waals surface area (Å²) in [5.41, 5.74) is 3.23. The number of carbonyl (C=O) groups excluding carboxylic acids is 2. The zero-order valence-corrected chi connectivity index (χ0v) is 16.1. The summed E-state index contributed by atoms with van der Waals surface area (Å²) in [5.74, 6) is 1.09. The van der Waals surface area contributed by atoms with Crippen LogP contribution in [0.25, 0.3) is 6.08 Å². The van der Waals surface area contributed by atoms with Crippen LogP contribution < -0.4 is 10.2 Å². The molecule has 0 unspecified atom stereocenters. The molecule has 0 aliphatic carbocycles. The van der Waals surface area contributed by atoms with Gasteiger partial charge in [0.15, 0.2) is 0 Å². The van der Waals surface area contributed by atoms with Crippen LogP contribution in [-0.4, -0.2) is 41.3 Å². The Morgan fingerprint density at radius 1 is 1.32 bits per heavy atom. The molecule has 1 N–H and O–H groups in total. The van der Waals surface area contributed by atoms with Crippen LogP contribution >= 0.6 is 11.3 Å². The van der Waals surface area contributed by atoms with Crippen LogP contribution in [-0.2, 0) is 16.0 Å². The number of nitrogens with one attached hydrogen (secondary N) is 1. The van der Waals surface area contributed by atoms with Crippen molar-refractivity contribution in [1.29, 1.82) is 0 Å². The Bertz CT molecular complexity index is 996. The van der Waals surface area contributed by atoms with Crippen molar-refractivity contribution >= 4 is 40.0 Å². The SMILES string of the molecule is O=C1CCc2cc(/C=C/C(=O)N3CC4=CN(c5cccs5)C[C@@H]4C3)cnc2N1. The minimum absolute atomic E-state index is 0.00463. The highest BCUT2D eigenvalue weighted by molar-refractivity contribution is 7.14. The number of aromatic nitrogens is 1. The summed E-state index contributed by atoms with van der Waals surface area (Å²) in [5, 5.41) is 6.12. The smallest absolute Gasteiger partial charge is 0.246 e. The molecular formula is C21H20N4O2S. The van der Waals surface area contributed by atoms with Gasteiger partial charge in [0, 0.05) is 50.4 Å². The lowest BCUT2D eigenvalue weighted by atomic mass is 10.0. The van der Waals surface area contributed by atoms with Crippen molar-refractivity contribution in [2.24, 2.45) is 5.92 Å². The van der Waals surface area contributed by atoms with Crippen LogP contribution in [0, 0.1) is 5.92 Å². The molecule has 0 aromatic carbocycles. The number of carbonyl (C=O) groups is 2. The van der Waals surface area contributed by atoms with Gasteiger partial charge in [-0.1, -0.05) is 0 Å². The van der Waals surface area contributed by atoms with Gasteiger partial charge < -0.3 is 15.1 Å². The molecule has 1 fully saturated rings. The van der Waals surface area contributed by atoms with Crippen LogP contribution in [0.15, 0.2) is 47.6 Å². The zero-order valence-electron chi connectivity index (χ0n) is 15.3. The van der Waals surface area contributed by atoms with Crippen LogP contribution in [0.3, 0.4) is 0 Å². The van der Waals surface area contributed by atoms with Gasteiger partial charge in [-0.05, 0) is 52.8 Å². The molecular weight excluding hydrogens is 372 g/mol. The Hall–Kier alpha value is -2.93. The molecule has 6 nitrogen and oxygen atoms in total. The second kappa shape index (κ2) is 6.91. The number of aryl methyl sites for hydroxylation is 1. The fourth-order valence-electron chi connectivity index (χ4n) is 4.00. The highest BCUT2D eigenvalue weighted by Crippen LogP contribution is 2.34. The third-order valence-corrected chi connectivity index (χ3v) is 6.37. The number of hydrogen-bond donors (Lipinski definition) is 1. The van der Waals surface area contributed by atoms with E-state index in [1.54, 1.807) is 23.6 Å². The van der Waals surface area contributed by atoms with E-state index in [1.807, 2.05) is 17.0 Å². The first kappa shape index (κ1) is 17.2. The van der Waals surface area contributed by atoms with Crippen molar-refractivity contribution in [1.82, 2.24) is 9.88 Å². The van der Waals surface area contributed by atoms with E-state index in [-0.39, 0.29) is 11.8 Å². The number of amides is 2. The van der Waals surface area contributed by atoms with Gasteiger partial charge in [-0.3, -0.25) is 9.59 Å². The number of thiophene rings is 1. The molecule has 0 bridgehead atoms. The average molecular weight is 392 g/mol. The van der Waals surface area contributed by atoms with Crippen molar-refractivity contribution in [3.8, 4) is 0 Å². The third kappa shape index (κ3) is 3.22. The van der Waals surface area contributed by atoms with Crippen molar-refractivity contribution in [2.75, 3.05) is 29.9 Å². The van der Waals surface area contributed by atoms with Gasteiger partial charge >= 0.3 is 0 Å². The van der Waals surface area contributed by atoms with Crippen LogP contribution in [0.5, 0.6) is 0 Å². The van der Waals surface area contributed by atoms with Gasteiger partial charge in [0.25, 0.3) is 0 Å². The number of rotatable bonds is 3. The molecule has 2 aromatic heterocycles.